The molecule has 0 aliphatic heterocycles. The first-order valence-electron chi connectivity index (χ1n) is 11.0. The van der Waals surface area contributed by atoms with Crippen molar-refractivity contribution in [1.29, 1.82) is 0 Å². The number of hydrogen-bond donors (Lipinski definition) is 0. The summed E-state index contributed by atoms with van der Waals surface area (Å²) in [5.74, 6) is 0. The predicted octanol–water partition coefficient (Wildman–Crippen LogP) is 5.37. The summed E-state index contributed by atoms with van der Waals surface area (Å²) in [6.45, 7) is 0. The average Bonchev–Trinajstić information content (AvgIpc) is 3.51. The molecular formula is C28H24N4O. The Bertz CT molecular complexity index is 1330. The molecule has 0 fully saturated rings. The van der Waals surface area contributed by atoms with Gasteiger partial charge in [0.2, 0.25) is 0 Å². The summed E-state index contributed by atoms with van der Waals surface area (Å²) < 4.78 is 2.87. The average molecular weight is 433 g/mol. The molecule has 0 bridgehead atoms. The van der Waals surface area contributed by atoms with E-state index in [-0.39, 0.29) is 6.03 Å². The summed E-state index contributed by atoms with van der Waals surface area (Å²) in [5.41, 5.74) is 6.39. The van der Waals surface area contributed by atoms with Crippen LogP contribution >= 0.6 is 0 Å². The number of carbonyl (C=O) groups excluding carboxylic acids is 1. The monoisotopic (exact) mass is 432 g/mol. The Labute approximate surface area is 192 Å². The van der Waals surface area contributed by atoms with Gasteiger partial charge in [-0.15, -0.1) is 0 Å². The highest BCUT2D eigenvalue weighted by atomic mass is 16.2. The van der Waals surface area contributed by atoms with Crippen LogP contribution < -0.4 is 0 Å². The third-order valence-corrected chi connectivity index (χ3v) is 5.71. The third-order valence-electron chi connectivity index (χ3n) is 5.71. The second-order valence-electron chi connectivity index (χ2n) is 8.00. The highest BCUT2D eigenvalue weighted by molar-refractivity contribution is 5.78. The SMILES string of the molecule is O=C(n1cccn1)n1nc(Cc2ccccc2)c(Cc2ccccc2)c1Cc1ccccc1. The number of benzene rings is 3. The first-order valence-corrected chi connectivity index (χ1v) is 11.0. The molecule has 0 radical (unpaired) electrons. The van der Waals surface area contributed by atoms with E-state index in [2.05, 4.69) is 41.5 Å². The van der Waals surface area contributed by atoms with Gasteiger partial charge in [-0.3, -0.25) is 0 Å². The van der Waals surface area contributed by atoms with Crippen molar-refractivity contribution < 1.29 is 4.79 Å². The molecule has 5 aromatic rings. The zero-order valence-electron chi connectivity index (χ0n) is 18.2. The molecule has 0 unspecified atom stereocenters. The lowest BCUT2D eigenvalue weighted by atomic mass is 9.96. The molecule has 33 heavy (non-hydrogen) atoms. The number of rotatable bonds is 6. The van der Waals surface area contributed by atoms with Crippen LogP contribution in [0.2, 0.25) is 0 Å². The van der Waals surface area contributed by atoms with E-state index in [1.165, 1.54) is 14.9 Å². The highest BCUT2D eigenvalue weighted by Crippen LogP contribution is 2.24. The predicted molar refractivity (Wildman–Crippen MR) is 128 cm³/mol. The van der Waals surface area contributed by atoms with Crippen LogP contribution in [0.1, 0.15) is 33.6 Å². The quantitative estimate of drug-likeness (QED) is 0.363. The fourth-order valence-corrected chi connectivity index (χ4v) is 4.08. The maximum absolute atomic E-state index is 13.4. The zero-order chi connectivity index (χ0) is 22.5. The van der Waals surface area contributed by atoms with E-state index in [1.807, 2.05) is 54.6 Å². The molecule has 2 heterocycles. The molecule has 0 spiro atoms. The molecule has 5 nitrogen and oxygen atoms in total. The lowest BCUT2D eigenvalue weighted by Gasteiger charge is -2.10. The summed E-state index contributed by atoms with van der Waals surface area (Å²) in [6, 6.07) is 32.3. The molecule has 0 aliphatic carbocycles. The van der Waals surface area contributed by atoms with Crippen LogP contribution in [-0.2, 0) is 19.3 Å². The second-order valence-corrected chi connectivity index (χ2v) is 8.00. The molecule has 0 aliphatic rings. The van der Waals surface area contributed by atoms with Crippen molar-refractivity contribution >= 4 is 6.03 Å². The molecule has 0 atom stereocenters. The van der Waals surface area contributed by atoms with Crippen LogP contribution in [0.25, 0.3) is 0 Å². The van der Waals surface area contributed by atoms with Crippen molar-refractivity contribution in [2.45, 2.75) is 19.3 Å². The van der Waals surface area contributed by atoms with Crippen LogP contribution in [0.3, 0.4) is 0 Å². The summed E-state index contributed by atoms with van der Waals surface area (Å²) in [7, 11) is 0. The van der Waals surface area contributed by atoms with Crippen LogP contribution in [-0.4, -0.2) is 25.6 Å². The van der Waals surface area contributed by atoms with Gasteiger partial charge in [-0.1, -0.05) is 91.0 Å². The van der Waals surface area contributed by atoms with E-state index < -0.39 is 0 Å². The molecule has 0 saturated heterocycles. The van der Waals surface area contributed by atoms with Crippen molar-refractivity contribution in [3.63, 3.8) is 0 Å². The number of carbonyl (C=O) groups is 1. The van der Waals surface area contributed by atoms with Crippen LogP contribution in [0.15, 0.2) is 109 Å². The Kier molecular flexibility index (Phi) is 5.93. The number of aromatic nitrogens is 4. The van der Waals surface area contributed by atoms with Gasteiger partial charge in [-0.05, 0) is 22.8 Å². The van der Waals surface area contributed by atoms with Crippen molar-refractivity contribution in [2.24, 2.45) is 0 Å². The Morgan fingerprint density at radius 1 is 0.667 bits per heavy atom. The van der Waals surface area contributed by atoms with Gasteiger partial charge in [0.25, 0.3) is 0 Å². The third kappa shape index (κ3) is 4.67. The van der Waals surface area contributed by atoms with Gasteiger partial charge in [0.1, 0.15) is 0 Å². The van der Waals surface area contributed by atoms with E-state index in [9.17, 15) is 4.79 Å². The van der Waals surface area contributed by atoms with E-state index in [4.69, 9.17) is 5.10 Å². The standard InChI is InChI=1S/C28H24N4O/c33-28(31-18-10-17-29-31)32-27(21-24-15-8-3-9-16-24)25(19-22-11-4-1-5-12-22)26(30-32)20-23-13-6-2-7-14-23/h1-18H,19-21H2. The summed E-state index contributed by atoms with van der Waals surface area (Å²) in [6.07, 6.45) is 5.23. The topological polar surface area (TPSA) is 52.7 Å². The van der Waals surface area contributed by atoms with Crippen LogP contribution in [0.4, 0.5) is 4.79 Å². The lowest BCUT2D eigenvalue weighted by Crippen LogP contribution is -2.23. The summed E-state index contributed by atoms with van der Waals surface area (Å²) in [4.78, 5) is 13.4. The molecule has 3 aromatic carbocycles. The fourth-order valence-electron chi connectivity index (χ4n) is 4.08. The fraction of sp³-hybridized carbons (Fsp3) is 0.107. The Hall–Kier alpha value is -4.25. The first-order chi connectivity index (χ1) is 16.3. The molecular weight excluding hydrogens is 408 g/mol. The van der Waals surface area contributed by atoms with Gasteiger partial charge >= 0.3 is 6.03 Å². The molecule has 2 aromatic heterocycles. The molecule has 5 rings (SSSR count). The van der Waals surface area contributed by atoms with Crippen LogP contribution in [0.5, 0.6) is 0 Å². The lowest BCUT2D eigenvalue weighted by molar-refractivity contribution is 0.237. The molecule has 0 saturated carbocycles. The zero-order valence-corrected chi connectivity index (χ0v) is 18.2. The number of nitrogens with zero attached hydrogens (tertiary/aromatic N) is 4. The van der Waals surface area contributed by atoms with Crippen LogP contribution in [0, 0.1) is 0 Å². The smallest absolute Gasteiger partial charge is 0.244 e. The van der Waals surface area contributed by atoms with Gasteiger partial charge in [-0.2, -0.15) is 19.6 Å². The first kappa shape index (κ1) is 20.6. The van der Waals surface area contributed by atoms with E-state index in [1.54, 1.807) is 18.5 Å². The van der Waals surface area contributed by atoms with Crippen molar-refractivity contribution in [3.8, 4) is 0 Å². The van der Waals surface area contributed by atoms with Crippen molar-refractivity contribution in [3.05, 3.63) is 143 Å². The molecule has 0 amide bonds. The Morgan fingerprint density at radius 2 is 1.21 bits per heavy atom. The maximum Gasteiger partial charge on any atom is 0.369 e. The summed E-state index contributed by atoms with van der Waals surface area (Å²) in [5, 5.41) is 9.01. The molecule has 5 heteroatoms. The second kappa shape index (κ2) is 9.49. The van der Waals surface area contributed by atoms with Crippen molar-refractivity contribution in [2.75, 3.05) is 0 Å². The van der Waals surface area contributed by atoms with Gasteiger partial charge in [0.05, 0.1) is 11.4 Å². The van der Waals surface area contributed by atoms with Gasteiger partial charge in [0, 0.05) is 37.2 Å². The van der Waals surface area contributed by atoms with Gasteiger partial charge in [-0.25, -0.2) is 4.79 Å². The molecule has 162 valence electrons. The van der Waals surface area contributed by atoms with E-state index in [0.717, 1.165) is 28.1 Å². The largest absolute Gasteiger partial charge is 0.369 e. The molecule has 0 N–H and O–H groups in total. The Morgan fingerprint density at radius 3 is 1.76 bits per heavy atom. The minimum atomic E-state index is -0.278. The minimum absolute atomic E-state index is 0.278. The van der Waals surface area contributed by atoms with Crippen molar-refractivity contribution in [1.82, 2.24) is 19.6 Å². The van der Waals surface area contributed by atoms with Gasteiger partial charge in [0.15, 0.2) is 0 Å². The van der Waals surface area contributed by atoms with E-state index in [0.29, 0.717) is 19.3 Å². The van der Waals surface area contributed by atoms with E-state index >= 15 is 0 Å². The maximum atomic E-state index is 13.4. The normalized spacial score (nSPS) is 10.9. The minimum Gasteiger partial charge on any atom is -0.244 e. The highest BCUT2D eigenvalue weighted by Gasteiger charge is 2.23. The van der Waals surface area contributed by atoms with Gasteiger partial charge < -0.3 is 0 Å². The Balaban J connectivity index is 1.65. The summed E-state index contributed by atoms with van der Waals surface area (Å²) >= 11 is 0. The number of hydrogen-bond acceptors (Lipinski definition) is 3.